The highest BCUT2D eigenvalue weighted by Gasteiger charge is 2.41. The van der Waals surface area contributed by atoms with E-state index in [1.54, 1.807) is 12.1 Å². The van der Waals surface area contributed by atoms with Crippen molar-refractivity contribution in [1.82, 2.24) is 0 Å². The van der Waals surface area contributed by atoms with E-state index in [4.69, 9.17) is 10.8 Å². The van der Waals surface area contributed by atoms with E-state index in [0.29, 0.717) is 13.0 Å². The van der Waals surface area contributed by atoms with Crippen molar-refractivity contribution in [3.05, 3.63) is 30.1 Å². The van der Waals surface area contributed by atoms with E-state index in [0.717, 1.165) is 5.69 Å². The number of carboxylic acids is 1. The van der Waals surface area contributed by atoms with Gasteiger partial charge in [-0.15, -0.1) is 0 Å². The van der Waals surface area contributed by atoms with Gasteiger partial charge in [-0.05, 0) is 30.7 Å². The number of carboxylic acid groups (broad SMARTS) is 1. The molecule has 1 aliphatic rings. The Morgan fingerprint density at radius 2 is 2.06 bits per heavy atom. The molecule has 5 heteroatoms. The lowest BCUT2D eigenvalue weighted by atomic mass is 10.0. The van der Waals surface area contributed by atoms with E-state index in [9.17, 15) is 9.18 Å². The number of hydrogen-bond acceptors (Lipinski definition) is 3. The summed E-state index contributed by atoms with van der Waals surface area (Å²) < 4.78 is 12.7. The number of rotatable bonds is 2. The van der Waals surface area contributed by atoms with Crippen LogP contribution in [0.2, 0.25) is 0 Å². The number of nitrogens with zero attached hydrogens (tertiary/aromatic N) is 1. The van der Waals surface area contributed by atoms with Crippen molar-refractivity contribution in [3.63, 3.8) is 0 Å². The molecule has 2 rings (SSSR count). The van der Waals surface area contributed by atoms with Crippen LogP contribution in [0.5, 0.6) is 0 Å². The van der Waals surface area contributed by atoms with Crippen LogP contribution in [0.15, 0.2) is 24.3 Å². The average molecular weight is 224 g/mol. The molecular formula is C11H13FN2O2. The Kier molecular flexibility index (Phi) is 2.55. The van der Waals surface area contributed by atoms with Crippen molar-refractivity contribution in [2.45, 2.75) is 12.0 Å². The van der Waals surface area contributed by atoms with Gasteiger partial charge in [-0.3, -0.25) is 4.79 Å². The van der Waals surface area contributed by atoms with Gasteiger partial charge in [0.25, 0.3) is 0 Å². The van der Waals surface area contributed by atoms with Gasteiger partial charge in [-0.25, -0.2) is 4.39 Å². The van der Waals surface area contributed by atoms with Gasteiger partial charge < -0.3 is 15.7 Å². The van der Waals surface area contributed by atoms with E-state index in [-0.39, 0.29) is 12.4 Å². The van der Waals surface area contributed by atoms with Crippen LogP contribution in [-0.4, -0.2) is 29.7 Å². The second kappa shape index (κ2) is 3.75. The Hall–Kier alpha value is -1.62. The van der Waals surface area contributed by atoms with Crippen LogP contribution in [0.25, 0.3) is 0 Å². The van der Waals surface area contributed by atoms with Gasteiger partial charge in [0.05, 0.1) is 0 Å². The number of nitrogens with two attached hydrogens (primary N) is 1. The van der Waals surface area contributed by atoms with Gasteiger partial charge in [0.1, 0.15) is 11.4 Å². The summed E-state index contributed by atoms with van der Waals surface area (Å²) in [4.78, 5) is 12.8. The molecule has 0 aromatic heterocycles. The molecule has 0 amide bonds. The number of hydrogen-bond donors (Lipinski definition) is 2. The van der Waals surface area contributed by atoms with Gasteiger partial charge in [0.2, 0.25) is 0 Å². The summed E-state index contributed by atoms with van der Waals surface area (Å²) in [7, 11) is 0. The first-order valence-corrected chi connectivity index (χ1v) is 5.04. The van der Waals surface area contributed by atoms with Gasteiger partial charge >= 0.3 is 5.97 Å². The van der Waals surface area contributed by atoms with E-state index in [1.165, 1.54) is 12.1 Å². The molecule has 1 aromatic carbocycles. The van der Waals surface area contributed by atoms with Crippen LogP contribution in [0, 0.1) is 5.82 Å². The largest absolute Gasteiger partial charge is 0.480 e. The van der Waals surface area contributed by atoms with Crippen LogP contribution in [0.4, 0.5) is 10.1 Å². The minimum atomic E-state index is -1.19. The molecule has 0 spiro atoms. The summed E-state index contributed by atoms with van der Waals surface area (Å²) in [5.74, 6) is -1.29. The molecule has 0 radical (unpaired) electrons. The minimum Gasteiger partial charge on any atom is -0.480 e. The summed E-state index contributed by atoms with van der Waals surface area (Å²) in [5.41, 5.74) is 5.36. The third kappa shape index (κ3) is 1.86. The molecule has 1 saturated heterocycles. The van der Waals surface area contributed by atoms with Gasteiger partial charge in [0, 0.05) is 18.8 Å². The molecule has 86 valence electrons. The molecule has 0 saturated carbocycles. The highest BCUT2D eigenvalue weighted by atomic mass is 19.1. The Labute approximate surface area is 92.5 Å². The zero-order valence-corrected chi connectivity index (χ0v) is 8.69. The Bertz CT molecular complexity index is 407. The lowest BCUT2D eigenvalue weighted by molar-refractivity contribution is -0.142. The van der Waals surface area contributed by atoms with E-state index < -0.39 is 11.5 Å². The predicted molar refractivity (Wildman–Crippen MR) is 57.8 cm³/mol. The molecular weight excluding hydrogens is 211 g/mol. The average Bonchev–Trinajstić information content (AvgIpc) is 2.63. The highest BCUT2D eigenvalue weighted by Crippen LogP contribution is 2.25. The number of halogens is 1. The molecule has 1 aromatic rings. The van der Waals surface area contributed by atoms with Crippen molar-refractivity contribution >= 4 is 11.7 Å². The summed E-state index contributed by atoms with van der Waals surface area (Å²) >= 11 is 0. The Morgan fingerprint density at radius 1 is 1.44 bits per heavy atom. The molecule has 0 bridgehead atoms. The summed E-state index contributed by atoms with van der Waals surface area (Å²) in [6, 6.07) is 5.96. The first kappa shape index (κ1) is 10.9. The molecule has 0 aliphatic carbocycles. The molecule has 4 nitrogen and oxygen atoms in total. The number of aliphatic carboxylic acids is 1. The van der Waals surface area contributed by atoms with Crippen LogP contribution in [0.1, 0.15) is 6.42 Å². The fourth-order valence-electron chi connectivity index (χ4n) is 1.88. The van der Waals surface area contributed by atoms with Crippen LogP contribution in [0.3, 0.4) is 0 Å². The topological polar surface area (TPSA) is 66.6 Å². The first-order valence-electron chi connectivity index (χ1n) is 5.04. The molecule has 1 fully saturated rings. The quantitative estimate of drug-likeness (QED) is 0.780. The normalized spacial score (nSPS) is 24.8. The van der Waals surface area contributed by atoms with E-state index >= 15 is 0 Å². The number of benzene rings is 1. The number of anilines is 1. The minimum absolute atomic E-state index is 0.258. The fraction of sp³-hybridized carbons (Fsp3) is 0.364. The second-order valence-corrected chi connectivity index (χ2v) is 4.11. The lowest BCUT2D eigenvalue weighted by Gasteiger charge is -2.21. The Balaban J connectivity index is 2.15. The monoisotopic (exact) mass is 224 g/mol. The fourth-order valence-corrected chi connectivity index (χ4v) is 1.88. The molecule has 3 N–H and O–H groups in total. The first-order chi connectivity index (χ1) is 7.51. The van der Waals surface area contributed by atoms with Crippen LogP contribution >= 0.6 is 0 Å². The van der Waals surface area contributed by atoms with Crippen molar-refractivity contribution < 1.29 is 14.3 Å². The highest BCUT2D eigenvalue weighted by molar-refractivity contribution is 5.80. The third-order valence-corrected chi connectivity index (χ3v) is 2.92. The van der Waals surface area contributed by atoms with Crippen molar-refractivity contribution in [2.24, 2.45) is 5.73 Å². The van der Waals surface area contributed by atoms with E-state index in [2.05, 4.69) is 0 Å². The van der Waals surface area contributed by atoms with Gasteiger partial charge in [-0.1, -0.05) is 0 Å². The molecule has 1 heterocycles. The summed E-state index contributed by atoms with van der Waals surface area (Å²) in [6.07, 6.45) is 0.402. The molecule has 16 heavy (non-hydrogen) atoms. The molecule has 1 aliphatic heterocycles. The lowest BCUT2D eigenvalue weighted by Crippen LogP contribution is -2.50. The molecule has 1 unspecified atom stereocenters. The maximum Gasteiger partial charge on any atom is 0.325 e. The summed E-state index contributed by atoms with van der Waals surface area (Å²) in [5, 5.41) is 8.97. The van der Waals surface area contributed by atoms with Crippen LogP contribution < -0.4 is 10.6 Å². The standard InChI is InChI=1S/C11H13FN2O2/c12-8-1-3-9(4-2-8)14-6-5-11(13,7-14)10(15)16/h1-4H,5-7,13H2,(H,15,16). The van der Waals surface area contributed by atoms with Crippen molar-refractivity contribution in [1.29, 1.82) is 0 Å². The number of carbonyl (C=O) groups is 1. The maximum absolute atomic E-state index is 12.7. The van der Waals surface area contributed by atoms with Crippen LogP contribution in [-0.2, 0) is 4.79 Å². The smallest absolute Gasteiger partial charge is 0.325 e. The van der Waals surface area contributed by atoms with E-state index in [1.807, 2.05) is 4.90 Å². The zero-order chi connectivity index (χ0) is 11.8. The van der Waals surface area contributed by atoms with Gasteiger partial charge in [0.15, 0.2) is 0 Å². The SMILES string of the molecule is NC1(C(=O)O)CCN(c2ccc(F)cc2)C1. The summed E-state index contributed by atoms with van der Waals surface area (Å²) in [6.45, 7) is 0.836. The predicted octanol–water partition coefficient (Wildman–Crippen LogP) is 0.818. The molecule has 1 atom stereocenters. The second-order valence-electron chi connectivity index (χ2n) is 4.11. The maximum atomic E-state index is 12.7. The Morgan fingerprint density at radius 3 is 2.56 bits per heavy atom. The van der Waals surface area contributed by atoms with Crippen molar-refractivity contribution in [2.75, 3.05) is 18.0 Å². The zero-order valence-electron chi connectivity index (χ0n) is 8.69. The van der Waals surface area contributed by atoms with Crippen molar-refractivity contribution in [3.8, 4) is 0 Å². The third-order valence-electron chi connectivity index (χ3n) is 2.92. The van der Waals surface area contributed by atoms with Gasteiger partial charge in [-0.2, -0.15) is 0 Å².